The van der Waals surface area contributed by atoms with Gasteiger partial charge in [0.15, 0.2) is 0 Å². The van der Waals surface area contributed by atoms with E-state index in [2.05, 4.69) is 4.98 Å². The Kier molecular flexibility index (Phi) is 4.61. The van der Waals surface area contributed by atoms with Crippen LogP contribution < -0.4 is 14.4 Å². The Balaban J connectivity index is 1.79. The molecule has 2 aromatic carbocycles. The second-order valence-corrected chi connectivity index (χ2v) is 7.44. The van der Waals surface area contributed by atoms with Gasteiger partial charge >= 0.3 is 0 Å². The molecule has 1 amide bonds. The summed E-state index contributed by atoms with van der Waals surface area (Å²) >= 11 is 1.63. The van der Waals surface area contributed by atoms with E-state index in [-0.39, 0.29) is 11.3 Å². The molecule has 0 N–H and O–H groups in total. The third kappa shape index (κ3) is 3.08. The Hall–Kier alpha value is -2.80. The Bertz CT molecular complexity index is 1000. The van der Waals surface area contributed by atoms with Crippen molar-refractivity contribution in [1.29, 1.82) is 0 Å². The average Bonchev–Trinajstić information content (AvgIpc) is 3.04. The zero-order valence-corrected chi connectivity index (χ0v) is 16.1. The van der Waals surface area contributed by atoms with Gasteiger partial charge in [0.25, 0.3) is 0 Å². The third-order valence-electron chi connectivity index (χ3n) is 4.57. The lowest BCUT2D eigenvalue weighted by Gasteiger charge is -2.21. The normalized spacial score (nSPS) is 16.8. The van der Waals surface area contributed by atoms with Crippen molar-refractivity contribution in [2.24, 2.45) is 0 Å². The van der Waals surface area contributed by atoms with Crippen molar-refractivity contribution >= 4 is 34.4 Å². The van der Waals surface area contributed by atoms with Crippen LogP contribution in [0.2, 0.25) is 0 Å². The van der Waals surface area contributed by atoms with Crippen LogP contribution >= 0.6 is 11.8 Å². The van der Waals surface area contributed by atoms with Crippen molar-refractivity contribution in [3.8, 4) is 22.8 Å². The molecule has 2 heterocycles. The lowest BCUT2D eigenvalue weighted by molar-refractivity contribution is -0.115. The van der Waals surface area contributed by atoms with Crippen LogP contribution in [0.5, 0.6) is 11.5 Å². The van der Waals surface area contributed by atoms with Crippen LogP contribution in [0.1, 0.15) is 6.92 Å². The van der Waals surface area contributed by atoms with Crippen LogP contribution in [0, 0.1) is 0 Å². The minimum absolute atomic E-state index is 0.121. The Labute approximate surface area is 161 Å². The number of nitrogens with zero attached hydrogens (tertiary/aromatic N) is 3. The summed E-state index contributed by atoms with van der Waals surface area (Å²) in [5, 5.41) is 0.125. The number of thioether (sulfide) groups is 1. The lowest BCUT2D eigenvalue weighted by Crippen LogP contribution is -2.30. The van der Waals surface area contributed by atoms with Crippen molar-refractivity contribution in [2.45, 2.75) is 12.3 Å². The molecule has 7 heteroatoms. The van der Waals surface area contributed by atoms with Gasteiger partial charge in [0.05, 0.1) is 53.8 Å². The van der Waals surface area contributed by atoms with Crippen molar-refractivity contribution in [2.75, 3.05) is 24.9 Å². The molecule has 1 saturated heterocycles. The van der Waals surface area contributed by atoms with E-state index in [1.165, 1.54) is 0 Å². The molecule has 1 aromatic heterocycles. The van der Waals surface area contributed by atoms with E-state index in [0.717, 1.165) is 22.3 Å². The first-order chi connectivity index (χ1) is 13.1. The Morgan fingerprint density at radius 3 is 2.48 bits per heavy atom. The maximum absolute atomic E-state index is 12.1. The van der Waals surface area contributed by atoms with Gasteiger partial charge in [-0.2, -0.15) is 0 Å². The van der Waals surface area contributed by atoms with E-state index in [0.29, 0.717) is 22.9 Å². The number of rotatable bonds is 4. The van der Waals surface area contributed by atoms with Gasteiger partial charge in [-0.25, -0.2) is 4.98 Å². The summed E-state index contributed by atoms with van der Waals surface area (Å²) in [5.41, 5.74) is 3.77. The number of amides is 1. The molecule has 1 fully saturated rings. The lowest BCUT2D eigenvalue weighted by atomic mass is 10.1. The smallest absolute Gasteiger partial charge is 0.238 e. The largest absolute Gasteiger partial charge is 0.496 e. The van der Waals surface area contributed by atoms with Crippen LogP contribution in [0.4, 0.5) is 5.69 Å². The van der Waals surface area contributed by atoms with Crippen molar-refractivity contribution in [3.63, 3.8) is 0 Å². The molecule has 3 aromatic rings. The number of benzene rings is 2. The number of methoxy groups -OCH3 is 2. The number of ether oxygens (including phenoxy) is 2. The summed E-state index contributed by atoms with van der Waals surface area (Å²) in [4.78, 5) is 23.3. The maximum Gasteiger partial charge on any atom is 0.238 e. The van der Waals surface area contributed by atoms with Gasteiger partial charge in [-0.1, -0.05) is 6.07 Å². The second kappa shape index (κ2) is 7.08. The summed E-state index contributed by atoms with van der Waals surface area (Å²) in [6, 6.07) is 11.3. The molecule has 6 nitrogen and oxygen atoms in total. The fourth-order valence-corrected chi connectivity index (χ4v) is 4.18. The highest BCUT2D eigenvalue weighted by molar-refractivity contribution is 8.01. The SMILES string of the molecule is COc1cccc(OC)c1-c1cnc2cc(N3C(=O)CSC3C)ccc2n1. The van der Waals surface area contributed by atoms with Gasteiger partial charge in [0, 0.05) is 5.69 Å². The molecule has 0 radical (unpaired) electrons. The van der Waals surface area contributed by atoms with Gasteiger partial charge < -0.3 is 9.47 Å². The highest BCUT2D eigenvalue weighted by Crippen LogP contribution is 2.38. The summed E-state index contributed by atoms with van der Waals surface area (Å²) in [6.45, 7) is 2.03. The first-order valence-electron chi connectivity index (χ1n) is 8.54. The van der Waals surface area contributed by atoms with Gasteiger partial charge in [0.2, 0.25) is 5.91 Å². The monoisotopic (exact) mass is 381 g/mol. The number of carbonyl (C=O) groups is 1. The molecule has 0 saturated carbocycles. The zero-order valence-electron chi connectivity index (χ0n) is 15.3. The maximum atomic E-state index is 12.1. The zero-order chi connectivity index (χ0) is 19.0. The topological polar surface area (TPSA) is 64.6 Å². The number of anilines is 1. The molecule has 0 aliphatic carbocycles. The number of aromatic nitrogens is 2. The average molecular weight is 381 g/mol. The van der Waals surface area contributed by atoms with Gasteiger partial charge in [-0.3, -0.25) is 14.7 Å². The molecule has 0 spiro atoms. The predicted molar refractivity (Wildman–Crippen MR) is 107 cm³/mol. The summed E-state index contributed by atoms with van der Waals surface area (Å²) < 4.78 is 10.9. The molecule has 1 aliphatic heterocycles. The van der Waals surface area contributed by atoms with Crippen LogP contribution in [0.3, 0.4) is 0 Å². The standard InChI is InChI=1S/C20H19N3O3S/c1-12-23(19(24)11-27-12)13-7-8-14-15(9-13)21-10-16(22-14)20-17(25-2)5-4-6-18(20)26-3/h4-10,12H,11H2,1-3H3. The highest BCUT2D eigenvalue weighted by atomic mass is 32.2. The Morgan fingerprint density at radius 1 is 1.11 bits per heavy atom. The molecule has 1 atom stereocenters. The van der Waals surface area contributed by atoms with Crippen LogP contribution in [0.25, 0.3) is 22.3 Å². The van der Waals surface area contributed by atoms with Crippen molar-refractivity contribution in [3.05, 3.63) is 42.6 Å². The Morgan fingerprint density at radius 2 is 1.85 bits per heavy atom. The molecule has 1 aliphatic rings. The first kappa shape index (κ1) is 17.6. The third-order valence-corrected chi connectivity index (χ3v) is 5.68. The minimum Gasteiger partial charge on any atom is -0.496 e. The number of fused-ring (bicyclic) bond motifs is 1. The van der Waals surface area contributed by atoms with Crippen LogP contribution in [-0.2, 0) is 4.79 Å². The first-order valence-corrected chi connectivity index (χ1v) is 9.59. The molecular formula is C20H19N3O3S. The molecular weight excluding hydrogens is 362 g/mol. The van der Waals surface area contributed by atoms with E-state index in [1.54, 1.807) is 32.2 Å². The van der Waals surface area contributed by atoms with E-state index in [4.69, 9.17) is 14.5 Å². The van der Waals surface area contributed by atoms with Gasteiger partial charge in [0.1, 0.15) is 11.5 Å². The molecule has 138 valence electrons. The summed E-state index contributed by atoms with van der Waals surface area (Å²) in [5.74, 6) is 1.98. The van der Waals surface area contributed by atoms with Gasteiger partial charge in [-0.05, 0) is 37.3 Å². The second-order valence-electron chi connectivity index (χ2n) is 6.14. The van der Waals surface area contributed by atoms with Crippen molar-refractivity contribution < 1.29 is 14.3 Å². The predicted octanol–water partition coefficient (Wildman–Crippen LogP) is 3.74. The van der Waals surface area contributed by atoms with E-state index in [9.17, 15) is 4.79 Å². The molecule has 0 bridgehead atoms. The summed E-state index contributed by atoms with van der Waals surface area (Å²) in [6.07, 6.45) is 1.70. The fourth-order valence-electron chi connectivity index (χ4n) is 3.27. The molecule has 1 unspecified atom stereocenters. The van der Waals surface area contributed by atoms with Crippen molar-refractivity contribution in [1.82, 2.24) is 9.97 Å². The number of carbonyl (C=O) groups excluding carboxylic acids is 1. The number of hydrogen-bond acceptors (Lipinski definition) is 6. The van der Waals surface area contributed by atoms with E-state index >= 15 is 0 Å². The van der Waals surface area contributed by atoms with E-state index in [1.807, 2.05) is 48.2 Å². The number of hydrogen-bond donors (Lipinski definition) is 0. The van der Waals surface area contributed by atoms with Crippen LogP contribution in [-0.4, -0.2) is 41.2 Å². The highest BCUT2D eigenvalue weighted by Gasteiger charge is 2.29. The summed E-state index contributed by atoms with van der Waals surface area (Å²) in [7, 11) is 3.23. The molecule has 27 heavy (non-hydrogen) atoms. The van der Waals surface area contributed by atoms with E-state index < -0.39 is 0 Å². The van der Waals surface area contributed by atoms with Crippen LogP contribution in [0.15, 0.2) is 42.6 Å². The fraction of sp³-hybridized carbons (Fsp3) is 0.250. The van der Waals surface area contributed by atoms with Gasteiger partial charge in [-0.15, -0.1) is 11.8 Å². The minimum atomic E-state index is 0.121. The molecule has 4 rings (SSSR count). The quantitative estimate of drug-likeness (QED) is 0.686.